The number of benzene rings is 1. The molecular weight excluding hydrogens is 282 g/mol. The number of esters is 1. The van der Waals surface area contributed by atoms with Gasteiger partial charge in [-0.05, 0) is 12.1 Å². The number of carbonyl (C=O) groups excluding carboxylic acids is 1. The summed E-state index contributed by atoms with van der Waals surface area (Å²) in [7, 11) is 0. The van der Waals surface area contributed by atoms with Crippen molar-refractivity contribution in [2.75, 3.05) is 0 Å². The van der Waals surface area contributed by atoms with Gasteiger partial charge in [0.05, 0.1) is 5.56 Å². The minimum atomic E-state index is -5.62. The highest BCUT2D eigenvalue weighted by Crippen LogP contribution is 2.30. The van der Waals surface area contributed by atoms with Crippen LogP contribution in [0.1, 0.15) is 10.4 Å². The largest absolute Gasteiger partial charge is 0.525 e. The van der Waals surface area contributed by atoms with Crippen molar-refractivity contribution in [1.29, 1.82) is 0 Å². The molecule has 0 saturated heterocycles. The lowest BCUT2D eigenvalue weighted by Gasteiger charge is -2.21. The van der Waals surface area contributed by atoms with Gasteiger partial charge in [-0.3, -0.25) is 0 Å². The van der Waals surface area contributed by atoms with Gasteiger partial charge >= 0.3 is 24.8 Å². The summed E-state index contributed by atoms with van der Waals surface area (Å²) in [6.45, 7) is 0. The second-order valence-electron chi connectivity index (χ2n) is 3.20. The van der Waals surface area contributed by atoms with E-state index < -0.39 is 24.8 Å². The molecule has 0 heterocycles. The van der Waals surface area contributed by atoms with Gasteiger partial charge in [-0.1, -0.05) is 18.2 Å². The first-order valence-electron chi connectivity index (χ1n) is 4.66. The molecule has 3 nitrogen and oxygen atoms in total. The van der Waals surface area contributed by atoms with Crippen molar-refractivity contribution < 1.29 is 40.6 Å². The van der Waals surface area contributed by atoms with E-state index in [4.69, 9.17) is 0 Å². The highest BCUT2D eigenvalue weighted by atomic mass is 19.4. The van der Waals surface area contributed by atoms with Gasteiger partial charge < -0.3 is 4.74 Å². The smallest absolute Gasteiger partial charge is 0.393 e. The van der Waals surface area contributed by atoms with Gasteiger partial charge in [-0.25, -0.2) is 13.9 Å². The van der Waals surface area contributed by atoms with Crippen molar-refractivity contribution in [3.63, 3.8) is 0 Å². The van der Waals surface area contributed by atoms with Crippen LogP contribution in [0, 0.1) is 0 Å². The van der Waals surface area contributed by atoms with E-state index in [0.29, 0.717) is 0 Å². The second kappa shape index (κ2) is 5.47. The van der Waals surface area contributed by atoms with E-state index in [0.717, 1.165) is 12.1 Å². The van der Waals surface area contributed by atoms with Crippen LogP contribution in [0.3, 0.4) is 0 Å². The Labute approximate surface area is 102 Å². The molecule has 0 bridgehead atoms. The van der Waals surface area contributed by atoms with E-state index in [9.17, 15) is 31.1 Å². The van der Waals surface area contributed by atoms with Gasteiger partial charge in [0.15, 0.2) is 0 Å². The van der Waals surface area contributed by atoms with Crippen molar-refractivity contribution in [3.05, 3.63) is 35.9 Å². The molecule has 1 atom stereocenters. The first-order valence-corrected chi connectivity index (χ1v) is 4.66. The highest BCUT2D eigenvalue weighted by molar-refractivity contribution is 5.89. The number of carbonyl (C=O) groups is 1. The number of alkyl halides is 6. The monoisotopic (exact) mass is 288 g/mol. The Balaban J connectivity index is 2.71. The van der Waals surface area contributed by atoms with Crippen LogP contribution in [-0.4, -0.2) is 24.8 Å². The van der Waals surface area contributed by atoms with Crippen molar-refractivity contribution >= 4 is 5.97 Å². The average molecular weight is 288 g/mol. The van der Waals surface area contributed by atoms with Gasteiger partial charge in [-0.2, -0.15) is 8.78 Å². The molecule has 0 radical (unpaired) electrons. The topological polar surface area (TPSA) is 35.5 Å². The molecule has 0 aliphatic rings. The van der Waals surface area contributed by atoms with E-state index in [1.807, 2.05) is 0 Å². The first kappa shape index (κ1) is 15.3. The van der Waals surface area contributed by atoms with Crippen LogP contribution in [-0.2, 0) is 9.47 Å². The number of hydrogen-bond donors (Lipinski definition) is 0. The summed E-state index contributed by atoms with van der Waals surface area (Å²) in [5.41, 5.74) is -0.374. The zero-order valence-electron chi connectivity index (χ0n) is 8.96. The Morgan fingerprint density at radius 1 is 1.05 bits per heavy atom. The molecule has 106 valence electrons. The molecule has 1 aromatic rings. The van der Waals surface area contributed by atoms with Gasteiger partial charge in [0.1, 0.15) is 0 Å². The van der Waals surface area contributed by atoms with E-state index in [1.165, 1.54) is 18.2 Å². The van der Waals surface area contributed by atoms with Crippen LogP contribution in [0.25, 0.3) is 0 Å². The fourth-order valence-corrected chi connectivity index (χ4v) is 0.989. The molecule has 0 aromatic heterocycles. The third kappa shape index (κ3) is 4.78. The lowest BCUT2D eigenvalue weighted by molar-refractivity contribution is -0.414. The molecule has 0 aliphatic heterocycles. The fraction of sp³-hybridized carbons (Fsp3) is 0.300. The van der Waals surface area contributed by atoms with Crippen LogP contribution in [0.15, 0.2) is 30.3 Å². The summed E-state index contributed by atoms with van der Waals surface area (Å²) in [5.74, 6) is -1.68. The minimum absolute atomic E-state index is 0.374. The Bertz CT molecular complexity index is 431. The highest BCUT2D eigenvalue weighted by Gasteiger charge is 2.51. The fourth-order valence-electron chi connectivity index (χ4n) is 0.989. The zero-order chi connectivity index (χ0) is 14.7. The van der Waals surface area contributed by atoms with Gasteiger partial charge in [0.2, 0.25) is 0 Å². The number of halogens is 6. The predicted octanol–water partition coefficient (Wildman–Crippen LogP) is 3.27. The van der Waals surface area contributed by atoms with Crippen LogP contribution in [0.4, 0.5) is 26.3 Å². The normalized spacial score (nSPS) is 14.0. The molecule has 0 amide bonds. The molecule has 0 spiro atoms. The molecule has 0 saturated carbocycles. The van der Waals surface area contributed by atoms with Crippen LogP contribution < -0.4 is 0 Å². The standard InChI is InChI=1S/C10H6F6O3/c11-8(19-10(14,15)16)9(12,13)18-7(17)6-4-2-1-3-5-6/h1-5,8H. The Morgan fingerprint density at radius 2 is 1.58 bits per heavy atom. The summed E-state index contributed by atoms with van der Waals surface area (Å²) in [5, 5.41) is 0. The average Bonchev–Trinajstić information content (AvgIpc) is 2.27. The van der Waals surface area contributed by atoms with E-state index in [1.54, 1.807) is 0 Å². The molecule has 0 aliphatic carbocycles. The zero-order valence-corrected chi connectivity index (χ0v) is 8.96. The Kier molecular flexibility index (Phi) is 4.40. The van der Waals surface area contributed by atoms with Crippen molar-refractivity contribution in [1.82, 2.24) is 0 Å². The Hall–Kier alpha value is -1.77. The summed E-state index contributed by atoms with van der Waals surface area (Å²) in [4.78, 5) is 11.1. The summed E-state index contributed by atoms with van der Waals surface area (Å²) in [6, 6.07) is 6.19. The van der Waals surface area contributed by atoms with Crippen LogP contribution >= 0.6 is 0 Å². The number of ether oxygens (including phenoxy) is 2. The van der Waals surface area contributed by atoms with Crippen LogP contribution in [0.2, 0.25) is 0 Å². The van der Waals surface area contributed by atoms with Crippen molar-refractivity contribution in [2.45, 2.75) is 18.8 Å². The van der Waals surface area contributed by atoms with Gasteiger partial charge in [0.25, 0.3) is 0 Å². The second-order valence-corrected chi connectivity index (χ2v) is 3.20. The maximum Gasteiger partial charge on any atom is 0.525 e. The Morgan fingerprint density at radius 3 is 2.05 bits per heavy atom. The molecular formula is C10H6F6O3. The maximum absolute atomic E-state index is 12.8. The molecule has 0 N–H and O–H groups in total. The molecule has 19 heavy (non-hydrogen) atoms. The van der Waals surface area contributed by atoms with E-state index >= 15 is 0 Å². The molecule has 9 heteroatoms. The maximum atomic E-state index is 12.8. The SMILES string of the molecule is O=C(OC(F)(F)C(F)OC(F)(F)F)c1ccccc1. The van der Waals surface area contributed by atoms with Crippen molar-refractivity contribution in [3.8, 4) is 0 Å². The lowest BCUT2D eigenvalue weighted by atomic mass is 10.2. The van der Waals surface area contributed by atoms with E-state index in [2.05, 4.69) is 9.47 Å². The third-order valence-corrected chi connectivity index (χ3v) is 1.74. The lowest BCUT2D eigenvalue weighted by Crippen LogP contribution is -2.40. The minimum Gasteiger partial charge on any atom is -0.393 e. The molecule has 1 rings (SSSR count). The molecule has 1 unspecified atom stereocenters. The van der Waals surface area contributed by atoms with Gasteiger partial charge in [0, 0.05) is 0 Å². The first-order chi connectivity index (χ1) is 8.62. The van der Waals surface area contributed by atoms with Crippen LogP contribution in [0.5, 0.6) is 0 Å². The van der Waals surface area contributed by atoms with E-state index in [-0.39, 0.29) is 5.56 Å². The molecule has 0 fully saturated rings. The third-order valence-electron chi connectivity index (χ3n) is 1.74. The summed E-state index contributed by atoms with van der Waals surface area (Å²) in [6.07, 6.45) is -14.8. The molecule has 1 aromatic carbocycles. The quantitative estimate of drug-likeness (QED) is 0.630. The summed E-state index contributed by atoms with van der Waals surface area (Å²) < 4.78 is 78.8. The summed E-state index contributed by atoms with van der Waals surface area (Å²) >= 11 is 0. The predicted molar refractivity (Wildman–Crippen MR) is 48.8 cm³/mol. The van der Waals surface area contributed by atoms with Crippen molar-refractivity contribution in [2.24, 2.45) is 0 Å². The number of hydrogen-bond acceptors (Lipinski definition) is 3. The number of rotatable bonds is 4. The van der Waals surface area contributed by atoms with Gasteiger partial charge in [-0.15, -0.1) is 13.2 Å².